The molecule has 0 bridgehead atoms. The second-order valence-electron chi connectivity index (χ2n) is 3.87. The van der Waals surface area contributed by atoms with E-state index in [4.69, 9.17) is 11.6 Å². The molecule has 0 fully saturated rings. The lowest BCUT2D eigenvalue weighted by Gasteiger charge is -2.07. The molecular formula is C12H9ClFN3O2. The van der Waals surface area contributed by atoms with Crippen LogP contribution in [0.5, 0.6) is 0 Å². The summed E-state index contributed by atoms with van der Waals surface area (Å²) in [7, 11) is 0. The van der Waals surface area contributed by atoms with Gasteiger partial charge in [0.2, 0.25) is 0 Å². The number of pyridine rings is 1. The number of hydrogen-bond acceptors (Lipinski definition) is 4. The average Bonchev–Trinajstić information content (AvgIpc) is 2.33. The fourth-order valence-corrected chi connectivity index (χ4v) is 1.71. The van der Waals surface area contributed by atoms with Crippen molar-refractivity contribution in [3.05, 3.63) is 57.0 Å². The average molecular weight is 282 g/mol. The summed E-state index contributed by atoms with van der Waals surface area (Å²) in [5, 5.41) is 13.5. The van der Waals surface area contributed by atoms with E-state index in [2.05, 4.69) is 10.3 Å². The number of benzene rings is 1. The van der Waals surface area contributed by atoms with Crippen molar-refractivity contribution >= 4 is 28.8 Å². The van der Waals surface area contributed by atoms with Crippen LogP contribution in [0.1, 0.15) is 5.56 Å². The van der Waals surface area contributed by atoms with E-state index in [-0.39, 0.29) is 10.7 Å². The van der Waals surface area contributed by atoms with Crippen LogP contribution in [0.2, 0.25) is 5.02 Å². The van der Waals surface area contributed by atoms with E-state index in [1.54, 1.807) is 6.92 Å². The van der Waals surface area contributed by atoms with Gasteiger partial charge >= 0.3 is 0 Å². The van der Waals surface area contributed by atoms with Gasteiger partial charge in [-0.2, -0.15) is 0 Å². The highest BCUT2D eigenvalue weighted by atomic mass is 35.5. The van der Waals surface area contributed by atoms with Crippen molar-refractivity contribution in [2.45, 2.75) is 6.92 Å². The third-order valence-electron chi connectivity index (χ3n) is 2.47. The number of hydrogen-bond donors (Lipinski definition) is 1. The summed E-state index contributed by atoms with van der Waals surface area (Å²) in [6.07, 6.45) is 1.17. The molecule has 0 atom stereocenters. The van der Waals surface area contributed by atoms with Crippen LogP contribution < -0.4 is 5.32 Å². The van der Waals surface area contributed by atoms with E-state index < -0.39 is 10.7 Å². The molecule has 2 aromatic rings. The summed E-state index contributed by atoms with van der Waals surface area (Å²) < 4.78 is 13.0. The predicted molar refractivity (Wildman–Crippen MR) is 70.3 cm³/mol. The second kappa shape index (κ2) is 5.19. The molecule has 98 valence electrons. The molecular weight excluding hydrogens is 273 g/mol. The molecule has 0 radical (unpaired) electrons. The molecule has 2 rings (SSSR count). The number of rotatable bonds is 3. The number of aryl methyl sites for hydroxylation is 1. The summed E-state index contributed by atoms with van der Waals surface area (Å²) in [6.45, 7) is 1.61. The van der Waals surface area contributed by atoms with Crippen LogP contribution in [0, 0.1) is 22.9 Å². The van der Waals surface area contributed by atoms with Gasteiger partial charge in [-0.1, -0.05) is 11.6 Å². The molecule has 0 amide bonds. The third-order valence-corrected chi connectivity index (χ3v) is 2.76. The van der Waals surface area contributed by atoms with Crippen LogP contribution >= 0.6 is 11.6 Å². The molecule has 5 nitrogen and oxygen atoms in total. The van der Waals surface area contributed by atoms with Crippen LogP contribution in [0.25, 0.3) is 0 Å². The van der Waals surface area contributed by atoms with E-state index in [0.29, 0.717) is 17.1 Å². The first-order valence-corrected chi connectivity index (χ1v) is 5.68. The summed E-state index contributed by atoms with van der Waals surface area (Å²) in [4.78, 5) is 14.1. The maximum Gasteiger partial charge on any atom is 0.290 e. The number of nitrogens with zero attached hydrogens (tertiary/aromatic N) is 2. The lowest BCUT2D eigenvalue weighted by atomic mass is 10.2. The summed E-state index contributed by atoms with van der Waals surface area (Å²) in [6, 6.07) is 5.67. The first kappa shape index (κ1) is 13.2. The molecule has 0 aliphatic heterocycles. The van der Waals surface area contributed by atoms with Gasteiger partial charge in [0, 0.05) is 11.3 Å². The van der Waals surface area contributed by atoms with Gasteiger partial charge in [0.05, 0.1) is 9.95 Å². The largest absolute Gasteiger partial charge is 0.340 e. The SMILES string of the molecule is Cc1cc(Nc2ccc(F)c(Cl)c2)ncc1[N+](=O)[O-]. The number of anilines is 2. The summed E-state index contributed by atoms with van der Waals surface area (Å²) >= 11 is 5.65. The highest BCUT2D eigenvalue weighted by molar-refractivity contribution is 6.31. The van der Waals surface area contributed by atoms with Gasteiger partial charge in [-0.25, -0.2) is 9.37 Å². The van der Waals surface area contributed by atoms with E-state index >= 15 is 0 Å². The smallest absolute Gasteiger partial charge is 0.290 e. The third kappa shape index (κ3) is 2.97. The molecule has 0 unspecified atom stereocenters. The Morgan fingerprint density at radius 1 is 1.42 bits per heavy atom. The Morgan fingerprint density at radius 3 is 2.74 bits per heavy atom. The van der Waals surface area contributed by atoms with Gasteiger partial charge in [0.15, 0.2) is 0 Å². The molecule has 0 aliphatic rings. The van der Waals surface area contributed by atoms with Crippen LogP contribution in [-0.4, -0.2) is 9.91 Å². The Hall–Kier alpha value is -2.21. The molecule has 0 spiro atoms. The van der Waals surface area contributed by atoms with Crippen molar-refractivity contribution in [2.24, 2.45) is 0 Å². The van der Waals surface area contributed by atoms with Gasteiger partial charge < -0.3 is 5.32 Å². The Labute approximate surface area is 113 Å². The van der Waals surface area contributed by atoms with Crippen molar-refractivity contribution in [3.63, 3.8) is 0 Å². The van der Waals surface area contributed by atoms with Crippen molar-refractivity contribution in [1.29, 1.82) is 0 Å². The topological polar surface area (TPSA) is 68.1 Å². The summed E-state index contributed by atoms with van der Waals surface area (Å²) in [5.74, 6) is -0.0918. The Balaban J connectivity index is 2.26. The maximum atomic E-state index is 13.0. The predicted octanol–water partition coefficient (Wildman–Crippen LogP) is 3.83. The van der Waals surface area contributed by atoms with E-state index in [1.165, 1.54) is 30.5 Å². The molecule has 1 N–H and O–H groups in total. The van der Waals surface area contributed by atoms with Crippen LogP contribution in [0.4, 0.5) is 21.6 Å². The van der Waals surface area contributed by atoms with Gasteiger partial charge in [-0.15, -0.1) is 0 Å². The zero-order valence-corrected chi connectivity index (χ0v) is 10.6. The number of aromatic nitrogens is 1. The fraction of sp³-hybridized carbons (Fsp3) is 0.0833. The van der Waals surface area contributed by atoms with Gasteiger partial charge in [0.25, 0.3) is 5.69 Å². The maximum absolute atomic E-state index is 13.0. The number of nitro groups is 1. The van der Waals surface area contributed by atoms with Crippen LogP contribution in [0.3, 0.4) is 0 Å². The Morgan fingerprint density at radius 2 is 2.16 bits per heavy atom. The molecule has 19 heavy (non-hydrogen) atoms. The zero-order chi connectivity index (χ0) is 14.0. The minimum atomic E-state index is -0.514. The first-order chi connectivity index (χ1) is 8.97. The van der Waals surface area contributed by atoms with E-state index in [1.807, 2.05) is 0 Å². The minimum absolute atomic E-state index is 0.0105. The Bertz CT molecular complexity index is 649. The molecule has 0 saturated heterocycles. The van der Waals surface area contributed by atoms with E-state index in [0.717, 1.165) is 0 Å². The molecule has 1 aromatic heterocycles. The van der Waals surface area contributed by atoms with Crippen molar-refractivity contribution in [3.8, 4) is 0 Å². The highest BCUT2D eigenvalue weighted by Crippen LogP contribution is 2.24. The monoisotopic (exact) mass is 281 g/mol. The van der Waals surface area contributed by atoms with Crippen molar-refractivity contribution in [2.75, 3.05) is 5.32 Å². The van der Waals surface area contributed by atoms with Crippen molar-refractivity contribution < 1.29 is 9.31 Å². The Kier molecular flexibility index (Phi) is 3.62. The number of nitrogens with one attached hydrogen (secondary N) is 1. The number of halogens is 2. The zero-order valence-electron chi connectivity index (χ0n) is 9.85. The normalized spacial score (nSPS) is 10.3. The molecule has 7 heteroatoms. The quantitative estimate of drug-likeness (QED) is 0.685. The van der Waals surface area contributed by atoms with Gasteiger partial charge in [-0.05, 0) is 31.2 Å². The molecule has 1 heterocycles. The van der Waals surface area contributed by atoms with Gasteiger partial charge in [-0.3, -0.25) is 10.1 Å². The molecule has 0 saturated carbocycles. The lowest BCUT2D eigenvalue weighted by molar-refractivity contribution is -0.385. The standard InChI is InChI=1S/C12H9ClFN3O2/c1-7-4-12(15-6-11(7)17(18)19)16-8-2-3-10(14)9(13)5-8/h2-6H,1H3,(H,15,16). The fourth-order valence-electron chi connectivity index (χ4n) is 1.53. The molecule has 1 aromatic carbocycles. The van der Waals surface area contributed by atoms with E-state index in [9.17, 15) is 14.5 Å². The first-order valence-electron chi connectivity index (χ1n) is 5.30. The van der Waals surface area contributed by atoms with Crippen LogP contribution in [-0.2, 0) is 0 Å². The van der Waals surface area contributed by atoms with Crippen molar-refractivity contribution in [1.82, 2.24) is 4.98 Å². The second-order valence-corrected chi connectivity index (χ2v) is 4.27. The molecule has 0 aliphatic carbocycles. The lowest BCUT2D eigenvalue weighted by Crippen LogP contribution is -1.98. The highest BCUT2D eigenvalue weighted by Gasteiger charge is 2.11. The van der Waals surface area contributed by atoms with Crippen LogP contribution in [0.15, 0.2) is 30.5 Å². The summed E-state index contributed by atoms with van der Waals surface area (Å²) in [5.41, 5.74) is 0.977. The minimum Gasteiger partial charge on any atom is -0.340 e. The van der Waals surface area contributed by atoms with Gasteiger partial charge in [0.1, 0.15) is 17.8 Å².